The topological polar surface area (TPSA) is 88.2 Å². The predicted molar refractivity (Wildman–Crippen MR) is 138 cm³/mol. The molecule has 0 saturated carbocycles. The maximum Gasteiger partial charge on any atom is 0.256 e. The van der Waals surface area contributed by atoms with Crippen LogP contribution in [0.15, 0.2) is 75.5 Å². The van der Waals surface area contributed by atoms with Crippen molar-refractivity contribution in [3.63, 3.8) is 0 Å². The number of halogens is 1. The lowest BCUT2D eigenvalue weighted by Gasteiger charge is -2.06. The van der Waals surface area contributed by atoms with Crippen molar-refractivity contribution in [3.05, 3.63) is 82.3 Å². The number of aromatic nitrogens is 1. The summed E-state index contributed by atoms with van der Waals surface area (Å²) in [7, 11) is 0. The minimum absolute atomic E-state index is 0.0186. The van der Waals surface area contributed by atoms with Crippen molar-refractivity contribution in [1.82, 2.24) is 4.98 Å². The van der Waals surface area contributed by atoms with E-state index < -0.39 is 0 Å². The van der Waals surface area contributed by atoms with E-state index in [1.54, 1.807) is 30.3 Å². The van der Waals surface area contributed by atoms with Crippen molar-refractivity contribution in [2.24, 2.45) is 0 Å². The number of thioether (sulfide) groups is 1. The average molecular weight is 540 g/mol. The van der Waals surface area contributed by atoms with Crippen LogP contribution in [-0.4, -0.2) is 28.3 Å². The van der Waals surface area contributed by atoms with E-state index in [9.17, 15) is 14.4 Å². The van der Waals surface area contributed by atoms with Crippen molar-refractivity contribution in [3.8, 4) is 0 Å². The summed E-state index contributed by atoms with van der Waals surface area (Å²) in [5, 5.41) is 5.72. The van der Waals surface area contributed by atoms with Gasteiger partial charge in [-0.1, -0.05) is 23.9 Å². The van der Waals surface area contributed by atoms with E-state index in [4.69, 9.17) is 0 Å². The Morgan fingerprint density at radius 3 is 2.42 bits per heavy atom. The van der Waals surface area contributed by atoms with E-state index in [1.807, 2.05) is 36.4 Å². The second kappa shape index (κ2) is 10.3. The van der Waals surface area contributed by atoms with Crippen LogP contribution in [0.1, 0.15) is 27.6 Å². The highest BCUT2D eigenvalue weighted by molar-refractivity contribution is 9.10. The Balaban J connectivity index is 1.37. The van der Waals surface area contributed by atoms with Gasteiger partial charge in [-0.15, -0.1) is 11.3 Å². The number of carbonyl (C=O) groups excluding carboxylic acids is 3. The summed E-state index contributed by atoms with van der Waals surface area (Å²) in [6.07, 6.45) is 0. The number of thiazole rings is 1. The lowest BCUT2D eigenvalue weighted by molar-refractivity contribution is -0.113. The summed E-state index contributed by atoms with van der Waals surface area (Å²) in [5.41, 5.74) is 3.28. The third kappa shape index (κ3) is 5.87. The monoisotopic (exact) mass is 539 g/mol. The van der Waals surface area contributed by atoms with Gasteiger partial charge < -0.3 is 10.6 Å². The normalized spacial score (nSPS) is 10.7. The minimum atomic E-state index is -0.200. The number of hydrogen-bond donors (Lipinski definition) is 2. The molecule has 4 rings (SSSR count). The Morgan fingerprint density at radius 1 is 0.970 bits per heavy atom. The molecule has 166 valence electrons. The van der Waals surface area contributed by atoms with Gasteiger partial charge in [0.25, 0.3) is 5.91 Å². The third-order valence-electron chi connectivity index (χ3n) is 4.65. The minimum Gasteiger partial charge on any atom is -0.325 e. The molecule has 33 heavy (non-hydrogen) atoms. The number of nitrogens with one attached hydrogen (secondary N) is 2. The molecule has 3 aromatic carbocycles. The lowest BCUT2D eigenvalue weighted by Crippen LogP contribution is -2.13. The molecule has 1 aromatic heterocycles. The first-order chi connectivity index (χ1) is 15.9. The van der Waals surface area contributed by atoms with Crippen LogP contribution in [0, 0.1) is 0 Å². The summed E-state index contributed by atoms with van der Waals surface area (Å²) in [6.45, 7) is 1.50. The molecule has 0 aliphatic heterocycles. The fourth-order valence-corrected chi connectivity index (χ4v) is 5.37. The van der Waals surface area contributed by atoms with Crippen LogP contribution in [0.4, 0.5) is 11.4 Å². The molecule has 1 heterocycles. The van der Waals surface area contributed by atoms with Gasteiger partial charge in [-0.25, -0.2) is 4.98 Å². The number of anilines is 2. The highest BCUT2D eigenvalue weighted by atomic mass is 79.9. The molecule has 0 radical (unpaired) electrons. The zero-order valence-corrected chi connectivity index (χ0v) is 20.6. The first kappa shape index (κ1) is 23.2. The van der Waals surface area contributed by atoms with Crippen molar-refractivity contribution in [2.75, 3.05) is 16.4 Å². The van der Waals surface area contributed by atoms with Crippen LogP contribution < -0.4 is 10.6 Å². The molecule has 9 heteroatoms. The molecule has 0 aliphatic rings. The van der Waals surface area contributed by atoms with Crippen LogP contribution >= 0.6 is 39.0 Å². The van der Waals surface area contributed by atoms with Gasteiger partial charge in [0.2, 0.25) is 5.91 Å². The number of hydrogen-bond acceptors (Lipinski definition) is 6. The summed E-state index contributed by atoms with van der Waals surface area (Å²) >= 11 is 6.21. The van der Waals surface area contributed by atoms with Gasteiger partial charge in [0, 0.05) is 21.4 Å². The predicted octanol–water partition coefficient (Wildman–Crippen LogP) is 6.24. The van der Waals surface area contributed by atoms with Gasteiger partial charge in [0.1, 0.15) is 0 Å². The lowest BCUT2D eigenvalue weighted by atomic mass is 10.1. The summed E-state index contributed by atoms with van der Waals surface area (Å²) < 4.78 is 2.41. The van der Waals surface area contributed by atoms with Crippen LogP contribution in [0.2, 0.25) is 0 Å². The second-order valence-corrected chi connectivity index (χ2v) is 10.2. The van der Waals surface area contributed by atoms with E-state index in [0.29, 0.717) is 22.5 Å². The maximum atomic E-state index is 12.5. The van der Waals surface area contributed by atoms with Gasteiger partial charge >= 0.3 is 0 Å². The van der Waals surface area contributed by atoms with Gasteiger partial charge in [0.05, 0.1) is 21.5 Å². The highest BCUT2D eigenvalue weighted by Crippen LogP contribution is 2.31. The molecule has 0 atom stereocenters. The first-order valence-corrected chi connectivity index (χ1v) is 12.5. The summed E-state index contributed by atoms with van der Waals surface area (Å²) in [6, 6.07) is 19.6. The average Bonchev–Trinajstić information content (AvgIpc) is 3.20. The fourth-order valence-electron chi connectivity index (χ4n) is 3.00. The fraction of sp³-hybridized carbons (Fsp3) is 0.0833. The van der Waals surface area contributed by atoms with Crippen molar-refractivity contribution in [1.29, 1.82) is 0 Å². The molecular formula is C24H18BrN3O3S2. The van der Waals surface area contributed by atoms with Crippen molar-refractivity contribution < 1.29 is 14.4 Å². The number of carbonyl (C=O) groups is 3. The van der Waals surface area contributed by atoms with Gasteiger partial charge in [-0.05, 0) is 77.5 Å². The van der Waals surface area contributed by atoms with Crippen LogP contribution in [0.3, 0.4) is 0 Å². The maximum absolute atomic E-state index is 12.5. The third-order valence-corrected chi connectivity index (χ3v) is 7.50. The Hall–Kier alpha value is -3.01. The smallest absolute Gasteiger partial charge is 0.256 e. The van der Waals surface area contributed by atoms with Gasteiger partial charge in [-0.3, -0.25) is 14.4 Å². The second-order valence-electron chi connectivity index (χ2n) is 7.07. The van der Waals surface area contributed by atoms with Gasteiger partial charge in [0.15, 0.2) is 10.1 Å². The first-order valence-electron chi connectivity index (χ1n) is 9.89. The van der Waals surface area contributed by atoms with E-state index in [2.05, 4.69) is 31.5 Å². The Bertz CT molecular complexity index is 1350. The van der Waals surface area contributed by atoms with Gasteiger partial charge in [-0.2, -0.15) is 0 Å². The molecule has 0 fully saturated rings. The zero-order valence-electron chi connectivity index (χ0n) is 17.4. The number of rotatable bonds is 7. The van der Waals surface area contributed by atoms with Crippen LogP contribution in [-0.2, 0) is 4.79 Å². The standard InChI is InChI=1S/C24H18BrN3O3S2/c1-14(29)15-6-8-16(9-7-15)26-22(30)13-32-24-28-20-11-10-17(12-21(20)33-24)27-23(31)18-4-2-3-5-19(18)25/h2-12H,13H2,1H3,(H,26,30)(H,27,31). The number of nitrogens with zero attached hydrogens (tertiary/aromatic N) is 1. The number of ketones is 1. The quantitative estimate of drug-likeness (QED) is 0.214. The number of Topliss-reactive ketones (excluding diaryl/α,β-unsaturated/α-hetero) is 1. The molecule has 0 bridgehead atoms. The van der Waals surface area contributed by atoms with Crippen LogP contribution in [0.5, 0.6) is 0 Å². The SMILES string of the molecule is CC(=O)c1ccc(NC(=O)CSc2nc3ccc(NC(=O)c4ccccc4Br)cc3s2)cc1. The molecule has 2 amide bonds. The molecule has 0 saturated heterocycles. The molecule has 2 N–H and O–H groups in total. The highest BCUT2D eigenvalue weighted by Gasteiger charge is 2.12. The molecule has 0 aliphatic carbocycles. The Morgan fingerprint density at radius 2 is 1.70 bits per heavy atom. The molecule has 0 unspecified atom stereocenters. The molecule has 0 spiro atoms. The largest absolute Gasteiger partial charge is 0.325 e. The number of fused-ring (bicyclic) bond motifs is 1. The zero-order chi connectivity index (χ0) is 23.4. The Labute approximate surface area is 206 Å². The summed E-state index contributed by atoms with van der Waals surface area (Å²) in [5.74, 6) is -0.167. The number of benzene rings is 3. The van der Waals surface area contributed by atoms with Crippen LogP contribution in [0.25, 0.3) is 10.2 Å². The van der Waals surface area contributed by atoms with Crippen molar-refractivity contribution in [2.45, 2.75) is 11.3 Å². The van der Waals surface area contributed by atoms with E-state index >= 15 is 0 Å². The van der Waals surface area contributed by atoms with E-state index in [-0.39, 0.29) is 23.4 Å². The molecule has 4 aromatic rings. The number of amides is 2. The van der Waals surface area contributed by atoms with E-state index in [1.165, 1.54) is 30.0 Å². The summed E-state index contributed by atoms with van der Waals surface area (Å²) in [4.78, 5) is 40.7. The van der Waals surface area contributed by atoms with E-state index in [0.717, 1.165) is 19.0 Å². The molecular weight excluding hydrogens is 522 g/mol. The van der Waals surface area contributed by atoms with Crippen molar-refractivity contribution >= 4 is 78.2 Å². The molecule has 6 nitrogen and oxygen atoms in total. The Kier molecular flexibility index (Phi) is 7.22.